The first-order chi connectivity index (χ1) is 14.3. The summed E-state index contributed by atoms with van der Waals surface area (Å²) in [5, 5.41) is 13.8. The van der Waals surface area contributed by atoms with Gasteiger partial charge in [-0.1, -0.05) is 30.3 Å². The molecule has 2 aromatic rings. The Morgan fingerprint density at radius 3 is 2.47 bits per heavy atom. The highest BCUT2D eigenvalue weighted by Crippen LogP contribution is 2.22. The number of anilines is 1. The second-order valence-electron chi connectivity index (χ2n) is 7.34. The summed E-state index contributed by atoms with van der Waals surface area (Å²) in [6.45, 7) is 2.85. The molecule has 8 heteroatoms. The number of carbonyl (C=O) groups is 2. The van der Waals surface area contributed by atoms with E-state index in [4.69, 9.17) is 5.41 Å². The highest BCUT2D eigenvalue weighted by molar-refractivity contribution is 9.10. The standard InChI is InChI=1S/C22H24BrFN4O2/c1-14(15-5-3-2-4-6-15)26-22(30)28-11-9-16(10-12-28)20(29)21(25)27-17-7-8-19(24)18(23)13-17/h2-8,13-14,16H,9-12H2,1H3,(H2,25,27)(H,26,30)/t14-/m0/s1. The number of nitrogens with one attached hydrogen (secondary N) is 3. The van der Waals surface area contributed by atoms with Crippen LogP contribution in [-0.2, 0) is 4.79 Å². The summed E-state index contributed by atoms with van der Waals surface area (Å²) in [5.74, 6) is -1.25. The van der Waals surface area contributed by atoms with Crippen molar-refractivity contribution in [2.75, 3.05) is 18.4 Å². The van der Waals surface area contributed by atoms with Gasteiger partial charge in [-0.2, -0.15) is 0 Å². The molecule has 0 saturated carbocycles. The van der Waals surface area contributed by atoms with Gasteiger partial charge in [0, 0.05) is 24.7 Å². The molecule has 1 fully saturated rings. The van der Waals surface area contributed by atoms with E-state index in [1.165, 1.54) is 18.2 Å². The largest absolute Gasteiger partial charge is 0.338 e. The number of nitrogens with zero attached hydrogens (tertiary/aromatic N) is 1. The van der Waals surface area contributed by atoms with Gasteiger partial charge in [-0.25, -0.2) is 9.18 Å². The number of hydrogen-bond acceptors (Lipinski definition) is 3. The van der Waals surface area contributed by atoms with Crippen LogP contribution in [0.1, 0.15) is 31.4 Å². The minimum Gasteiger partial charge on any atom is -0.338 e. The Kier molecular flexibility index (Phi) is 7.20. The summed E-state index contributed by atoms with van der Waals surface area (Å²) in [6.07, 6.45) is 1.01. The van der Waals surface area contributed by atoms with E-state index in [9.17, 15) is 14.0 Å². The smallest absolute Gasteiger partial charge is 0.317 e. The van der Waals surface area contributed by atoms with Crippen molar-refractivity contribution in [3.8, 4) is 0 Å². The Labute approximate surface area is 183 Å². The van der Waals surface area contributed by atoms with Gasteiger partial charge in [0.25, 0.3) is 0 Å². The second-order valence-corrected chi connectivity index (χ2v) is 8.19. The van der Waals surface area contributed by atoms with E-state index in [2.05, 4.69) is 26.6 Å². The molecule has 1 atom stereocenters. The molecule has 1 aliphatic heterocycles. The Balaban J connectivity index is 1.49. The number of hydrogen-bond donors (Lipinski definition) is 3. The van der Waals surface area contributed by atoms with Crippen LogP contribution in [0.3, 0.4) is 0 Å². The number of urea groups is 1. The highest BCUT2D eigenvalue weighted by Gasteiger charge is 2.30. The molecule has 1 aliphatic rings. The number of carbonyl (C=O) groups excluding carboxylic acids is 2. The lowest BCUT2D eigenvalue weighted by atomic mass is 9.92. The molecule has 0 radical (unpaired) electrons. The molecule has 0 spiro atoms. The number of halogens is 2. The summed E-state index contributed by atoms with van der Waals surface area (Å²) in [6, 6.07) is 13.7. The van der Waals surface area contributed by atoms with E-state index < -0.39 is 5.82 Å². The van der Waals surface area contributed by atoms with Crippen LogP contribution >= 0.6 is 15.9 Å². The zero-order chi connectivity index (χ0) is 21.7. The molecule has 158 valence electrons. The molecule has 1 heterocycles. The third-order valence-corrected chi connectivity index (χ3v) is 5.84. The van der Waals surface area contributed by atoms with Crippen LogP contribution in [0.2, 0.25) is 0 Å². The minimum absolute atomic E-state index is 0.106. The fourth-order valence-corrected chi connectivity index (χ4v) is 3.81. The molecule has 0 bridgehead atoms. The number of benzene rings is 2. The second kappa shape index (κ2) is 9.84. The summed E-state index contributed by atoms with van der Waals surface area (Å²) < 4.78 is 13.6. The maximum absolute atomic E-state index is 13.3. The van der Waals surface area contributed by atoms with Gasteiger partial charge >= 0.3 is 6.03 Å². The lowest BCUT2D eigenvalue weighted by Gasteiger charge is -2.32. The number of amides is 2. The van der Waals surface area contributed by atoms with Crippen LogP contribution in [0, 0.1) is 17.1 Å². The van der Waals surface area contributed by atoms with E-state index in [0.717, 1.165) is 5.56 Å². The third-order valence-electron chi connectivity index (χ3n) is 5.23. The molecule has 0 aliphatic carbocycles. The summed E-state index contributed by atoms with van der Waals surface area (Å²) in [4.78, 5) is 26.8. The lowest BCUT2D eigenvalue weighted by Crippen LogP contribution is -2.47. The van der Waals surface area contributed by atoms with Gasteiger partial charge in [0.2, 0.25) is 5.78 Å². The van der Waals surface area contributed by atoms with Gasteiger partial charge in [0.15, 0.2) is 5.84 Å². The van der Waals surface area contributed by atoms with E-state index in [0.29, 0.717) is 31.6 Å². The molecule has 0 aromatic heterocycles. The highest BCUT2D eigenvalue weighted by atomic mass is 79.9. The van der Waals surface area contributed by atoms with E-state index in [-0.39, 0.29) is 34.1 Å². The van der Waals surface area contributed by atoms with Gasteiger partial charge in [-0.05, 0) is 59.5 Å². The van der Waals surface area contributed by atoms with Crippen LogP contribution in [0.5, 0.6) is 0 Å². The van der Waals surface area contributed by atoms with Crippen molar-refractivity contribution in [2.45, 2.75) is 25.8 Å². The van der Waals surface area contributed by atoms with E-state index >= 15 is 0 Å². The maximum Gasteiger partial charge on any atom is 0.317 e. The van der Waals surface area contributed by atoms with Crippen LogP contribution in [0.25, 0.3) is 0 Å². The average Bonchev–Trinajstić information content (AvgIpc) is 2.76. The van der Waals surface area contributed by atoms with Gasteiger partial charge in [0.05, 0.1) is 10.5 Å². The SMILES string of the molecule is C[C@H](NC(=O)N1CCC(C(=O)C(=N)Nc2ccc(F)c(Br)c2)CC1)c1ccccc1. The molecule has 2 aromatic carbocycles. The Morgan fingerprint density at radius 1 is 1.17 bits per heavy atom. The quantitative estimate of drug-likeness (QED) is 0.432. The Hall–Kier alpha value is -2.74. The third kappa shape index (κ3) is 5.44. The number of amidine groups is 1. The zero-order valence-corrected chi connectivity index (χ0v) is 18.2. The van der Waals surface area contributed by atoms with Gasteiger partial charge < -0.3 is 15.5 Å². The fraction of sp³-hybridized carbons (Fsp3) is 0.318. The van der Waals surface area contributed by atoms with Crippen molar-refractivity contribution in [3.63, 3.8) is 0 Å². The number of ketones is 1. The van der Waals surface area contributed by atoms with Crippen molar-refractivity contribution in [3.05, 3.63) is 64.4 Å². The van der Waals surface area contributed by atoms with Gasteiger partial charge in [0.1, 0.15) is 5.82 Å². The molecular formula is C22H24BrFN4O2. The molecule has 3 N–H and O–H groups in total. The molecule has 2 amide bonds. The maximum atomic E-state index is 13.3. The summed E-state index contributed by atoms with van der Waals surface area (Å²) >= 11 is 3.09. The van der Waals surface area contributed by atoms with Crippen molar-refractivity contribution in [2.24, 2.45) is 5.92 Å². The monoisotopic (exact) mass is 474 g/mol. The van der Waals surface area contributed by atoms with E-state index in [1.54, 1.807) is 4.90 Å². The minimum atomic E-state index is -0.411. The number of likely N-dealkylation sites (tertiary alicyclic amines) is 1. The predicted octanol–water partition coefficient (Wildman–Crippen LogP) is 4.73. The zero-order valence-electron chi connectivity index (χ0n) is 16.6. The van der Waals surface area contributed by atoms with E-state index in [1.807, 2.05) is 37.3 Å². The molecule has 30 heavy (non-hydrogen) atoms. The Bertz CT molecular complexity index is 930. The molecule has 3 rings (SSSR count). The molecule has 6 nitrogen and oxygen atoms in total. The lowest BCUT2D eigenvalue weighted by molar-refractivity contribution is -0.117. The van der Waals surface area contributed by atoms with Crippen molar-refractivity contribution >= 4 is 39.3 Å². The molecule has 0 unspecified atom stereocenters. The first kappa shape index (κ1) is 22.0. The first-order valence-corrected chi connectivity index (χ1v) is 10.6. The first-order valence-electron chi connectivity index (χ1n) is 9.80. The van der Waals surface area contributed by atoms with Crippen molar-refractivity contribution in [1.29, 1.82) is 5.41 Å². The molecule has 1 saturated heterocycles. The number of Topliss-reactive ketones (excluding diaryl/α,β-unsaturated/α-hetero) is 1. The summed E-state index contributed by atoms with van der Waals surface area (Å²) in [5.41, 5.74) is 1.50. The summed E-state index contributed by atoms with van der Waals surface area (Å²) in [7, 11) is 0. The Morgan fingerprint density at radius 2 is 1.83 bits per heavy atom. The fourth-order valence-electron chi connectivity index (χ4n) is 3.43. The van der Waals surface area contributed by atoms with Gasteiger partial charge in [-0.15, -0.1) is 0 Å². The average molecular weight is 475 g/mol. The topological polar surface area (TPSA) is 85.3 Å². The van der Waals surface area contributed by atoms with Crippen LogP contribution in [0.15, 0.2) is 53.0 Å². The predicted molar refractivity (Wildman–Crippen MR) is 118 cm³/mol. The van der Waals surface area contributed by atoms with Crippen molar-refractivity contribution in [1.82, 2.24) is 10.2 Å². The normalized spacial score (nSPS) is 15.4. The number of rotatable bonds is 5. The van der Waals surface area contributed by atoms with Crippen LogP contribution < -0.4 is 10.6 Å². The van der Waals surface area contributed by atoms with Crippen molar-refractivity contribution < 1.29 is 14.0 Å². The van der Waals surface area contributed by atoms with Crippen LogP contribution in [-0.4, -0.2) is 35.6 Å². The molecular weight excluding hydrogens is 451 g/mol. The van der Waals surface area contributed by atoms with Gasteiger partial charge in [-0.3, -0.25) is 10.2 Å². The number of piperidine rings is 1. The van der Waals surface area contributed by atoms with Crippen LogP contribution in [0.4, 0.5) is 14.9 Å².